The zero-order valence-electron chi connectivity index (χ0n) is 9.15. The van der Waals surface area contributed by atoms with Crippen molar-refractivity contribution in [3.8, 4) is 0 Å². The van der Waals surface area contributed by atoms with Gasteiger partial charge in [-0.2, -0.15) is 0 Å². The van der Waals surface area contributed by atoms with Gasteiger partial charge in [-0.05, 0) is 46.3 Å². The molecule has 0 aliphatic heterocycles. The molecule has 0 atom stereocenters. The molecule has 1 aromatic carbocycles. The lowest BCUT2D eigenvalue weighted by molar-refractivity contribution is 0.102. The predicted molar refractivity (Wildman–Crippen MR) is 75.8 cm³/mol. The quantitative estimate of drug-likeness (QED) is 0.832. The number of hydrogen-bond donors (Lipinski definition) is 2. The number of rotatable bonds is 2. The number of nitrogens with two attached hydrogens (primary N) is 1. The summed E-state index contributed by atoms with van der Waals surface area (Å²) in [6, 6.07) is 8.20. The third-order valence-corrected chi connectivity index (χ3v) is 3.04. The van der Waals surface area contributed by atoms with Crippen molar-refractivity contribution in [2.45, 2.75) is 0 Å². The van der Waals surface area contributed by atoms with E-state index in [9.17, 15) is 4.79 Å². The summed E-state index contributed by atoms with van der Waals surface area (Å²) >= 11 is 9.06. The smallest absolute Gasteiger partial charge is 0.256 e. The van der Waals surface area contributed by atoms with Crippen LogP contribution in [-0.2, 0) is 0 Å². The van der Waals surface area contributed by atoms with Gasteiger partial charge in [0.1, 0.15) is 5.82 Å². The number of amides is 1. The standard InChI is InChI=1S/C12H9BrClN3O/c13-8-2-4-11(16-6-8)17-12(18)7-1-3-9(14)10(15)5-7/h1-6H,15H2,(H,16,17,18). The molecule has 18 heavy (non-hydrogen) atoms. The molecule has 0 spiro atoms. The second-order valence-electron chi connectivity index (χ2n) is 3.55. The van der Waals surface area contributed by atoms with Gasteiger partial charge in [-0.15, -0.1) is 0 Å². The maximum atomic E-state index is 11.9. The Kier molecular flexibility index (Phi) is 3.84. The first-order chi connectivity index (χ1) is 8.56. The molecule has 6 heteroatoms. The first-order valence-electron chi connectivity index (χ1n) is 5.04. The minimum absolute atomic E-state index is 0.284. The van der Waals surface area contributed by atoms with Crippen LogP contribution in [0.1, 0.15) is 10.4 Å². The van der Waals surface area contributed by atoms with E-state index in [1.807, 2.05) is 0 Å². The van der Waals surface area contributed by atoms with Crippen molar-refractivity contribution >= 4 is 44.9 Å². The molecule has 3 N–H and O–H groups in total. The van der Waals surface area contributed by atoms with E-state index in [1.54, 1.807) is 30.5 Å². The van der Waals surface area contributed by atoms with E-state index < -0.39 is 0 Å². The van der Waals surface area contributed by atoms with Crippen molar-refractivity contribution in [1.82, 2.24) is 4.98 Å². The molecular formula is C12H9BrClN3O. The van der Waals surface area contributed by atoms with Crippen LogP contribution in [0.15, 0.2) is 41.0 Å². The Labute approximate surface area is 117 Å². The highest BCUT2D eigenvalue weighted by atomic mass is 79.9. The van der Waals surface area contributed by atoms with Crippen LogP contribution in [0.3, 0.4) is 0 Å². The highest BCUT2D eigenvalue weighted by Gasteiger charge is 2.08. The number of carbonyl (C=O) groups excluding carboxylic acids is 1. The molecular weight excluding hydrogens is 318 g/mol. The van der Waals surface area contributed by atoms with E-state index in [-0.39, 0.29) is 5.91 Å². The highest BCUT2D eigenvalue weighted by Crippen LogP contribution is 2.20. The van der Waals surface area contributed by atoms with Gasteiger partial charge in [0.15, 0.2) is 0 Å². The molecule has 0 fully saturated rings. The van der Waals surface area contributed by atoms with E-state index in [1.165, 1.54) is 6.07 Å². The summed E-state index contributed by atoms with van der Waals surface area (Å²) in [5.74, 6) is 0.185. The number of aromatic nitrogens is 1. The minimum Gasteiger partial charge on any atom is -0.398 e. The van der Waals surface area contributed by atoms with Gasteiger partial charge in [-0.1, -0.05) is 11.6 Å². The first kappa shape index (κ1) is 12.9. The third-order valence-electron chi connectivity index (χ3n) is 2.23. The average Bonchev–Trinajstić information content (AvgIpc) is 2.35. The van der Waals surface area contributed by atoms with Gasteiger partial charge in [0.05, 0.1) is 10.7 Å². The van der Waals surface area contributed by atoms with Crippen molar-refractivity contribution in [3.05, 3.63) is 51.6 Å². The Morgan fingerprint density at radius 2 is 2.11 bits per heavy atom. The van der Waals surface area contributed by atoms with Crippen LogP contribution in [0.5, 0.6) is 0 Å². The molecule has 1 heterocycles. The Hall–Kier alpha value is -1.59. The van der Waals surface area contributed by atoms with Crippen LogP contribution in [0.25, 0.3) is 0 Å². The maximum Gasteiger partial charge on any atom is 0.256 e. The molecule has 0 aliphatic rings. The summed E-state index contributed by atoms with van der Waals surface area (Å²) in [5, 5.41) is 3.09. The van der Waals surface area contributed by atoms with E-state index in [2.05, 4.69) is 26.2 Å². The summed E-state index contributed by atoms with van der Waals surface area (Å²) in [6.45, 7) is 0. The fraction of sp³-hybridized carbons (Fsp3) is 0. The van der Waals surface area contributed by atoms with E-state index >= 15 is 0 Å². The van der Waals surface area contributed by atoms with Crippen molar-refractivity contribution in [2.75, 3.05) is 11.1 Å². The van der Waals surface area contributed by atoms with Crippen molar-refractivity contribution in [2.24, 2.45) is 0 Å². The number of nitrogens with zero attached hydrogens (tertiary/aromatic N) is 1. The van der Waals surface area contributed by atoms with E-state index in [0.717, 1.165) is 4.47 Å². The first-order valence-corrected chi connectivity index (χ1v) is 6.21. The fourth-order valence-corrected chi connectivity index (χ4v) is 1.68. The lowest BCUT2D eigenvalue weighted by atomic mass is 10.2. The number of hydrogen-bond acceptors (Lipinski definition) is 3. The Morgan fingerprint density at radius 3 is 2.72 bits per heavy atom. The Balaban J connectivity index is 2.16. The second kappa shape index (κ2) is 5.37. The summed E-state index contributed by atoms with van der Waals surface area (Å²) in [4.78, 5) is 15.9. The lowest BCUT2D eigenvalue weighted by Crippen LogP contribution is -2.13. The van der Waals surface area contributed by atoms with Gasteiger partial charge >= 0.3 is 0 Å². The van der Waals surface area contributed by atoms with Gasteiger partial charge in [-0.25, -0.2) is 4.98 Å². The van der Waals surface area contributed by atoms with Crippen LogP contribution in [0.4, 0.5) is 11.5 Å². The Morgan fingerprint density at radius 1 is 1.33 bits per heavy atom. The fourth-order valence-electron chi connectivity index (χ4n) is 1.32. The van der Waals surface area contributed by atoms with Gasteiger partial charge in [-0.3, -0.25) is 4.79 Å². The molecule has 1 aromatic heterocycles. The number of anilines is 2. The molecule has 0 unspecified atom stereocenters. The van der Waals surface area contributed by atoms with Crippen LogP contribution in [0.2, 0.25) is 5.02 Å². The van der Waals surface area contributed by atoms with Crippen LogP contribution in [0, 0.1) is 0 Å². The highest BCUT2D eigenvalue weighted by molar-refractivity contribution is 9.10. The summed E-state index contributed by atoms with van der Waals surface area (Å²) in [7, 11) is 0. The van der Waals surface area contributed by atoms with Gasteiger partial charge in [0.25, 0.3) is 5.91 Å². The van der Waals surface area contributed by atoms with E-state index in [0.29, 0.717) is 22.1 Å². The molecule has 0 bridgehead atoms. The normalized spacial score (nSPS) is 10.1. The van der Waals surface area contributed by atoms with Crippen LogP contribution >= 0.6 is 27.5 Å². The molecule has 0 saturated carbocycles. The summed E-state index contributed by atoms with van der Waals surface area (Å²) in [5.41, 5.74) is 6.44. The summed E-state index contributed by atoms with van der Waals surface area (Å²) in [6.07, 6.45) is 1.60. The minimum atomic E-state index is -0.284. The predicted octanol–water partition coefficient (Wildman–Crippen LogP) is 3.33. The van der Waals surface area contributed by atoms with Gasteiger partial charge in [0.2, 0.25) is 0 Å². The lowest BCUT2D eigenvalue weighted by Gasteiger charge is -2.05. The molecule has 0 aliphatic carbocycles. The number of nitrogen functional groups attached to an aromatic ring is 1. The topological polar surface area (TPSA) is 68.0 Å². The molecule has 92 valence electrons. The van der Waals surface area contributed by atoms with Crippen LogP contribution in [-0.4, -0.2) is 10.9 Å². The molecule has 1 amide bonds. The van der Waals surface area contributed by atoms with Crippen molar-refractivity contribution in [3.63, 3.8) is 0 Å². The van der Waals surface area contributed by atoms with Crippen LogP contribution < -0.4 is 11.1 Å². The molecule has 2 rings (SSSR count). The molecule has 0 radical (unpaired) electrons. The number of nitrogens with one attached hydrogen (secondary N) is 1. The van der Waals surface area contributed by atoms with E-state index in [4.69, 9.17) is 17.3 Å². The third kappa shape index (κ3) is 3.00. The Bertz CT molecular complexity index is 586. The summed E-state index contributed by atoms with van der Waals surface area (Å²) < 4.78 is 0.844. The molecule has 4 nitrogen and oxygen atoms in total. The van der Waals surface area contributed by atoms with Gasteiger partial charge < -0.3 is 11.1 Å². The number of benzene rings is 1. The van der Waals surface area contributed by atoms with Gasteiger partial charge in [0, 0.05) is 16.2 Å². The molecule has 0 saturated heterocycles. The zero-order valence-corrected chi connectivity index (χ0v) is 11.5. The number of carbonyl (C=O) groups is 1. The number of pyridine rings is 1. The average molecular weight is 327 g/mol. The number of halogens is 2. The largest absolute Gasteiger partial charge is 0.398 e. The maximum absolute atomic E-state index is 11.9. The van der Waals surface area contributed by atoms with Crippen molar-refractivity contribution < 1.29 is 4.79 Å². The van der Waals surface area contributed by atoms with Crippen molar-refractivity contribution in [1.29, 1.82) is 0 Å². The zero-order chi connectivity index (χ0) is 13.1. The monoisotopic (exact) mass is 325 g/mol. The second-order valence-corrected chi connectivity index (χ2v) is 4.87. The SMILES string of the molecule is Nc1cc(C(=O)Nc2ccc(Br)cn2)ccc1Cl. The molecule has 2 aromatic rings.